The van der Waals surface area contributed by atoms with E-state index in [0.29, 0.717) is 19.3 Å². The molecule has 0 unspecified atom stereocenters. The van der Waals surface area contributed by atoms with Crippen molar-refractivity contribution in [3.63, 3.8) is 0 Å². The molecular formula is C32H36F24O8. The highest BCUT2D eigenvalue weighted by molar-refractivity contribution is 5.71. The van der Waals surface area contributed by atoms with Crippen LogP contribution in [0.15, 0.2) is 0 Å². The van der Waals surface area contributed by atoms with Crippen LogP contribution in [0, 0.1) is 0 Å². The Morgan fingerprint density at radius 1 is 0.312 bits per heavy atom. The Morgan fingerprint density at radius 2 is 0.516 bits per heavy atom. The summed E-state index contributed by atoms with van der Waals surface area (Å²) in [5, 5.41) is 0. The molecule has 0 atom stereocenters. The molecular weight excluding hydrogens is 968 g/mol. The van der Waals surface area contributed by atoms with Crippen molar-refractivity contribution < 1.29 is 143 Å². The Hall–Kier alpha value is -3.80. The predicted molar refractivity (Wildman–Crippen MR) is 163 cm³/mol. The topological polar surface area (TPSA) is 105 Å². The maximum Gasteiger partial charge on any atom is 0.381 e. The molecule has 0 fully saturated rings. The van der Waals surface area contributed by atoms with Gasteiger partial charge < -0.3 is 18.9 Å². The number of hydrogen-bond acceptors (Lipinski definition) is 8. The van der Waals surface area contributed by atoms with Crippen molar-refractivity contribution >= 4 is 23.9 Å². The molecule has 0 spiro atoms. The third kappa shape index (κ3) is 19.7. The minimum atomic E-state index is -6.54. The minimum absolute atomic E-state index is 0.0126. The molecule has 0 N–H and O–H groups in total. The zero-order valence-electron chi connectivity index (χ0n) is 32.0. The zero-order chi connectivity index (χ0) is 50.8. The summed E-state index contributed by atoms with van der Waals surface area (Å²) in [5.41, 5.74) is 0. The molecule has 0 saturated heterocycles. The van der Waals surface area contributed by atoms with Crippen LogP contribution in [0.3, 0.4) is 0 Å². The molecule has 0 radical (unpaired) electrons. The monoisotopic (exact) mass is 1000 g/mol. The Kier molecular flexibility index (Phi) is 25.1. The van der Waals surface area contributed by atoms with Gasteiger partial charge in [0.25, 0.3) is 0 Å². The zero-order valence-corrected chi connectivity index (χ0v) is 32.0. The average molecular weight is 1000 g/mol. The highest BCUT2D eigenvalue weighted by Crippen LogP contribution is 2.50. The summed E-state index contributed by atoms with van der Waals surface area (Å²) >= 11 is 0. The summed E-state index contributed by atoms with van der Waals surface area (Å²) in [6.45, 7) is -8.84. The second kappa shape index (κ2) is 25.8. The number of carbonyl (C=O) groups excluding carboxylic acids is 4. The van der Waals surface area contributed by atoms with Gasteiger partial charge in [0.1, 0.15) is 0 Å². The minimum Gasteiger partial charge on any atom is -0.459 e. The summed E-state index contributed by atoms with van der Waals surface area (Å²) in [7, 11) is 0. The van der Waals surface area contributed by atoms with Gasteiger partial charge in [-0.15, -0.1) is 0 Å². The van der Waals surface area contributed by atoms with E-state index in [4.69, 9.17) is 0 Å². The first kappa shape index (κ1) is 62.3. The van der Waals surface area contributed by atoms with Crippen LogP contribution in [0.25, 0.3) is 0 Å². The molecule has 0 aliphatic carbocycles. The van der Waals surface area contributed by atoms with E-state index in [0.717, 1.165) is 0 Å². The summed E-state index contributed by atoms with van der Waals surface area (Å²) < 4.78 is 316. The van der Waals surface area contributed by atoms with Crippen molar-refractivity contribution in [1.82, 2.24) is 0 Å². The van der Waals surface area contributed by atoms with Crippen LogP contribution in [0.5, 0.6) is 0 Å². The lowest BCUT2D eigenvalue weighted by Crippen LogP contribution is -2.59. The lowest BCUT2D eigenvalue weighted by Gasteiger charge is -2.31. The Morgan fingerprint density at radius 3 is 0.734 bits per heavy atom. The van der Waals surface area contributed by atoms with Gasteiger partial charge in [0.05, 0.1) is 0 Å². The van der Waals surface area contributed by atoms with E-state index in [1.165, 1.54) is 0 Å². The van der Waals surface area contributed by atoms with Gasteiger partial charge in [-0.25, -0.2) is 35.1 Å². The van der Waals surface area contributed by atoms with Crippen molar-refractivity contribution in [2.45, 2.75) is 150 Å². The van der Waals surface area contributed by atoms with E-state index in [1.54, 1.807) is 0 Å². The predicted octanol–water partition coefficient (Wildman–Crippen LogP) is 11.0. The maximum absolute atomic E-state index is 13.2. The molecule has 0 aromatic rings. The molecule has 380 valence electrons. The third-order valence-electron chi connectivity index (χ3n) is 7.65. The fourth-order valence-electron chi connectivity index (χ4n) is 3.84. The quantitative estimate of drug-likeness (QED) is 0.0303. The van der Waals surface area contributed by atoms with Gasteiger partial charge in [0.2, 0.25) is 0 Å². The summed E-state index contributed by atoms with van der Waals surface area (Å²) in [5.74, 6) is -52.0. The Balaban J connectivity index is 0. The number of alkyl halides is 24. The summed E-state index contributed by atoms with van der Waals surface area (Å²) in [6, 6.07) is 0. The molecule has 0 rings (SSSR count). The third-order valence-corrected chi connectivity index (χ3v) is 7.65. The molecule has 64 heavy (non-hydrogen) atoms. The number of rotatable bonds is 30. The second-order valence-corrected chi connectivity index (χ2v) is 13.0. The second-order valence-electron chi connectivity index (χ2n) is 13.0. The Bertz CT molecular complexity index is 1430. The first-order valence-electron chi connectivity index (χ1n) is 17.5. The largest absolute Gasteiger partial charge is 0.459 e. The molecule has 0 aliphatic heterocycles. The van der Waals surface area contributed by atoms with Crippen molar-refractivity contribution in [1.29, 1.82) is 0 Å². The normalized spacial score (nSPS) is 13.6. The number of esters is 4. The standard InChI is InChI=1S/C18H22F12O4.C14H14F12O4/c19-13(20)15(23,24)9-33-11(31)7-5-3-1-2-4-6-8-12(32)34-10-16(25,26)18(29,30)17(27,28)14(21)22;15-9(16)11(19,20)5-29-7(27)3-1-2-4-8(28)30-6-12(21,22)14(25,26)13(23,24)10(17)18/h13-14H,1-10H2;9-10H,1-6H2. The molecule has 0 saturated carbocycles. The van der Waals surface area contributed by atoms with Crippen LogP contribution in [-0.2, 0) is 38.1 Å². The molecule has 0 heterocycles. The maximum atomic E-state index is 13.2. The Labute approximate surface area is 344 Å². The lowest BCUT2D eigenvalue weighted by molar-refractivity contribution is -0.344. The van der Waals surface area contributed by atoms with Gasteiger partial charge in [0, 0.05) is 25.7 Å². The first-order chi connectivity index (χ1) is 28.8. The van der Waals surface area contributed by atoms with Crippen molar-refractivity contribution in [2.24, 2.45) is 0 Å². The van der Waals surface area contributed by atoms with E-state index >= 15 is 0 Å². The molecule has 0 bridgehead atoms. The molecule has 8 nitrogen and oxygen atoms in total. The van der Waals surface area contributed by atoms with Gasteiger partial charge in [0.15, 0.2) is 26.4 Å². The molecule has 32 heteroatoms. The summed E-state index contributed by atoms with van der Waals surface area (Å²) in [4.78, 5) is 44.7. The number of unbranched alkanes of at least 4 members (excludes halogenated alkanes) is 6. The SMILES string of the molecule is O=C(CCCCC(=O)OCC(F)(F)C(F)(F)C(F)(F)C(F)F)OCC(F)(F)C(F)F.O=C(CCCCCCCCC(=O)OCC(F)(F)C(F)(F)C(F)(F)C(F)F)OCC(F)(F)C(F)F. The van der Waals surface area contributed by atoms with Gasteiger partial charge >= 0.3 is 97.0 Å². The summed E-state index contributed by atoms with van der Waals surface area (Å²) in [6.07, 6.45) is -19.7. The number of halogens is 24. The molecule has 0 aliphatic rings. The van der Waals surface area contributed by atoms with E-state index in [-0.39, 0.29) is 32.1 Å². The van der Waals surface area contributed by atoms with E-state index in [1.807, 2.05) is 0 Å². The van der Waals surface area contributed by atoms with Crippen molar-refractivity contribution in [2.75, 3.05) is 26.4 Å². The van der Waals surface area contributed by atoms with Crippen LogP contribution in [-0.4, -0.2) is 123 Å². The number of ether oxygens (including phenoxy) is 4. The highest BCUT2D eigenvalue weighted by Gasteiger charge is 2.76. The highest BCUT2D eigenvalue weighted by atomic mass is 19.4. The van der Waals surface area contributed by atoms with Crippen molar-refractivity contribution in [3.05, 3.63) is 0 Å². The molecule has 0 aromatic carbocycles. The lowest BCUT2D eigenvalue weighted by atomic mass is 10.1. The van der Waals surface area contributed by atoms with Gasteiger partial charge in [-0.1, -0.05) is 25.7 Å². The van der Waals surface area contributed by atoms with Crippen LogP contribution in [0.1, 0.15) is 77.0 Å². The fourth-order valence-corrected chi connectivity index (χ4v) is 3.84. The number of carbonyl (C=O) groups is 4. The van der Waals surface area contributed by atoms with Crippen LogP contribution < -0.4 is 0 Å². The van der Waals surface area contributed by atoms with E-state index < -0.39 is 149 Å². The van der Waals surface area contributed by atoms with Crippen LogP contribution in [0.4, 0.5) is 105 Å². The van der Waals surface area contributed by atoms with Gasteiger partial charge in [-0.2, -0.15) is 70.2 Å². The smallest absolute Gasteiger partial charge is 0.381 e. The van der Waals surface area contributed by atoms with Crippen LogP contribution in [0.2, 0.25) is 0 Å². The van der Waals surface area contributed by atoms with Crippen molar-refractivity contribution in [3.8, 4) is 0 Å². The molecule has 0 aromatic heterocycles. The van der Waals surface area contributed by atoms with Crippen LogP contribution >= 0.6 is 0 Å². The molecule has 0 amide bonds. The van der Waals surface area contributed by atoms with Gasteiger partial charge in [-0.3, -0.25) is 19.2 Å². The average Bonchev–Trinajstić information content (AvgIpc) is 3.17. The van der Waals surface area contributed by atoms with Gasteiger partial charge in [-0.05, 0) is 25.7 Å². The first-order valence-corrected chi connectivity index (χ1v) is 17.5. The number of hydrogen-bond donors (Lipinski definition) is 0. The van der Waals surface area contributed by atoms with E-state index in [9.17, 15) is 125 Å². The fraction of sp³-hybridized carbons (Fsp3) is 0.875. The van der Waals surface area contributed by atoms with E-state index in [2.05, 4.69) is 18.9 Å².